The van der Waals surface area contributed by atoms with Gasteiger partial charge in [-0.2, -0.15) is 4.31 Å². The highest BCUT2D eigenvalue weighted by molar-refractivity contribution is 7.89. The molecule has 0 saturated heterocycles. The topological polar surface area (TPSA) is 67.9 Å². The molecular weight excluding hydrogens is 280 g/mol. The molecule has 6 nitrogen and oxygen atoms in total. The molecule has 7 heteroatoms. The fourth-order valence-corrected chi connectivity index (χ4v) is 3.10. The fourth-order valence-electron chi connectivity index (χ4n) is 1.74. The number of benzene rings is 1. The number of methoxy groups -OCH3 is 2. The van der Waals surface area contributed by atoms with Crippen molar-refractivity contribution in [1.82, 2.24) is 9.62 Å². The van der Waals surface area contributed by atoms with Gasteiger partial charge in [-0.15, -0.1) is 0 Å². The summed E-state index contributed by atoms with van der Waals surface area (Å²) in [5.41, 5.74) is 0.881. The van der Waals surface area contributed by atoms with E-state index in [0.717, 1.165) is 5.56 Å². The Balaban J connectivity index is 3.17. The van der Waals surface area contributed by atoms with Gasteiger partial charge in [0.2, 0.25) is 10.0 Å². The summed E-state index contributed by atoms with van der Waals surface area (Å²) in [7, 11) is 2.74. The lowest BCUT2D eigenvalue weighted by Gasteiger charge is -2.19. The molecule has 0 aliphatic heterocycles. The highest BCUT2D eigenvalue weighted by atomic mass is 32.2. The number of hydrogen-bond acceptors (Lipinski definition) is 5. The maximum atomic E-state index is 12.5. The summed E-state index contributed by atoms with van der Waals surface area (Å²) in [5, 5.41) is 2.99. The first-order chi connectivity index (χ1) is 9.47. The average molecular weight is 302 g/mol. The van der Waals surface area contributed by atoms with Crippen LogP contribution in [0.2, 0.25) is 0 Å². The fraction of sp³-hybridized carbons (Fsp3) is 0.538. The molecule has 0 aliphatic carbocycles. The van der Waals surface area contributed by atoms with Gasteiger partial charge in [-0.25, -0.2) is 8.42 Å². The normalized spacial score (nSPS) is 11.8. The van der Waals surface area contributed by atoms with Crippen molar-refractivity contribution < 1.29 is 17.9 Å². The van der Waals surface area contributed by atoms with Crippen LogP contribution in [0.15, 0.2) is 23.1 Å². The molecule has 1 aromatic carbocycles. The molecule has 0 aromatic heterocycles. The van der Waals surface area contributed by atoms with E-state index in [1.165, 1.54) is 25.6 Å². The van der Waals surface area contributed by atoms with Crippen LogP contribution < -0.4 is 10.1 Å². The monoisotopic (exact) mass is 302 g/mol. The van der Waals surface area contributed by atoms with Crippen molar-refractivity contribution in [3.63, 3.8) is 0 Å². The molecule has 0 aliphatic rings. The number of nitrogens with zero attached hydrogens (tertiary/aromatic N) is 1. The molecule has 1 rings (SSSR count). The van der Waals surface area contributed by atoms with Crippen LogP contribution in [0.1, 0.15) is 5.56 Å². The van der Waals surface area contributed by atoms with Crippen LogP contribution in [0.3, 0.4) is 0 Å². The van der Waals surface area contributed by atoms with Gasteiger partial charge in [0.25, 0.3) is 0 Å². The molecule has 1 aromatic rings. The second-order valence-corrected chi connectivity index (χ2v) is 6.35. The van der Waals surface area contributed by atoms with E-state index in [9.17, 15) is 8.42 Å². The third kappa shape index (κ3) is 3.92. The number of ether oxygens (including phenoxy) is 2. The first-order valence-corrected chi connectivity index (χ1v) is 7.68. The molecule has 0 amide bonds. The molecular formula is C13H22N2O4S. The summed E-state index contributed by atoms with van der Waals surface area (Å²) >= 11 is 0. The number of hydrogen-bond donors (Lipinski definition) is 1. The Morgan fingerprint density at radius 2 is 2.00 bits per heavy atom. The van der Waals surface area contributed by atoms with Crippen molar-refractivity contribution in [3.8, 4) is 5.75 Å². The van der Waals surface area contributed by atoms with Crippen LogP contribution in [0.5, 0.6) is 5.75 Å². The van der Waals surface area contributed by atoms with Crippen LogP contribution >= 0.6 is 0 Å². The summed E-state index contributed by atoms with van der Waals surface area (Å²) in [6.07, 6.45) is 0. The summed E-state index contributed by atoms with van der Waals surface area (Å²) in [5.74, 6) is 0.342. The van der Waals surface area contributed by atoms with Crippen LogP contribution in [-0.4, -0.2) is 54.2 Å². The number of sulfonamides is 1. The Bertz CT molecular complexity index is 531. The largest absolute Gasteiger partial charge is 0.495 e. The van der Waals surface area contributed by atoms with Crippen LogP contribution in [0, 0.1) is 0 Å². The van der Waals surface area contributed by atoms with Gasteiger partial charge in [-0.3, -0.25) is 0 Å². The standard InChI is InChI=1S/C13H22N2O4S/c1-14-10-11-5-6-12(19-4)13(9-11)20(16,17)15(2)7-8-18-3/h5-6,9,14H,7-8,10H2,1-4H3. The SMILES string of the molecule is CNCc1ccc(OC)c(S(=O)(=O)N(C)CCOC)c1. The van der Waals surface area contributed by atoms with Crippen LogP contribution in [-0.2, 0) is 21.3 Å². The van der Waals surface area contributed by atoms with E-state index in [-0.39, 0.29) is 11.4 Å². The first kappa shape index (κ1) is 16.9. The number of likely N-dealkylation sites (N-methyl/N-ethyl adjacent to an activating group) is 1. The zero-order valence-electron chi connectivity index (χ0n) is 12.3. The molecule has 0 saturated carbocycles. The predicted molar refractivity (Wildman–Crippen MR) is 77.4 cm³/mol. The Morgan fingerprint density at radius 3 is 2.55 bits per heavy atom. The van der Waals surface area contributed by atoms with Crippen LogP contribution in [0.4, 0.5) is 0 Å². The summed E-state index contributed by atoms with van der Waals surface area (Å²) in [6.45, 7) is 1.22. The molecule has 0 heterocycles. The predicted octanol–water partition coefficient (Wildman–Crippen LogP) is 0.682. The molecule has 1 N–H and O–H groups in total. The third-order valence-corrected chi connectivity index (χ3v) is 4.79. The van der Waals surface area contributed by atoms with E-state index in [0.29, 0.717) is 18.9 Å². The van der Waals surface area contributed by atoms with Gasteiger partial charge in [0.15, 0.2) is 0 Å². The van der Waals surface area contributed by atoms with Gasteiger partial charge >= 0.3 is 0 Å². The van der Waals surface area contributed by atoms with Crippen molar-refractivity contribution in [2.75, 3.05) is 41.5 Å². The van der Waals surface area contributed by atoms with Gasteiger partial charge < -0.3 is 14.8 Å². The van der Waals surface area contributed by atoms with E-state index in [4.69, 9.17) is 9.47 Å². The Labute approximate surface area is 120 Å². The highest BCUT2D eigenvalue weighted by Crippen LogP contribution is 2.27. The van der Waals surface area contributed by atoms with E-state index in [1.807, 2.05) is 13.1 Å². The lowest BCUT2D eigenvalue weighted by atomic mass is 10.2. The van der Waals surface area contributed by atoms with Crippen molar-refractivity contribution in [3.05, 3.63) is 23.8 Å². The number of nitrogens with one attached hydrogen (secondary N) is 1. The Hall–Kier alpha value is -1.15. The quantitative estimate of drug-likeness (QED) is 0.765. The van der Waals surface area contributed by atoms with Gasteiger partial charge in [0.1, 0.15) is 10.6 Å². The summed E-state index contributed by atoms with van der Waals surface area (Å²) < 4.78 is 36.4. The molecule has 0 fully saturated rings. The lowest BCUT2D eigenvalue weighted by Crippen LogP contribution is -2.30. The van der Waals surface area contributed by atoms with Crippen molar-refractivity contribution in [2.24, 2.45) is 0 Å². The minimum atomic E-state index is -3.59. The van der Waals surface area contributed by atoms with Crippen molar-refractivity contribution in [2.45, 2.75) is 11.4 Å². The second kappa shape index (κ2) is 7.58. The molecule has 0 radical (unpaired) electrons. The molecule has 114 valence electrons. The second-order valence-electron chi connectivity index (χ2n) is 4.33. The third-order valence-electron chi connectivity index (χ3n) is 2.91. The Morgan fingerprint density at radius 1 is 1.30 bits per heavy atom. The minimum Gasteiger partial charge on any atom is -0.495 e. The molecule has 0 unspecified atom stereocenters. The van der Waals surface area contributed by atoms with E-state index < -0.39 is 10.0 Å². The van der Waals surface area contributed by atoms with Gasteiger partial charge in [0, 0.05) is 27.2 Å². The maximum Gasteiger partial charge on any atom is 0.246 e. The minimum absolute atomic E-state index is 0.173. The van der Waals surface area contributed by atoms with Crippen LogP contribution in [0.25, 0.3) is 0 Å². The van der Waals surface area contributed by atoms with E-state index >= 15 is 0 Å². The zero-order valence-corrected chi connectivity index (χ0v) is 13.2. The van der Waals surface area contributed by atoms with E-state index in [1.54, 1.807) is 12.1 Å². The average Bonchev–Trinajstić information content (AvgIpc) is 2.44. The summed E-state index contributed by atoms with van der Waals surface area (Å²) in [4.78, 5) is 0.173. The molecule has 0 atom stereocenters. The van der Waals surface area contributed by atoms with Gasteiger partial charge in [-0.05, 0) is 24.7 Å². The number of rotatable bonds is 8. The van der Waals surface area contributed by atoms with E-state index in [2.05, 4.69) is 5.32 Å². The first-order valence-electron chi connectivity index (χ1n) is 6.24. The smallest absolute Gasteiger partial charge is 0.246 e. The molecule has 20 heavy (non-hydrogen) atoms. The Kier molecular flexibility index (Phi) is 6.41. The molecule has 0 bridgehead atoms. The zero-order chi connectivity index (χ0) is 15.2. The summed E-state index contributed by atoms with van der Waals surface area (Å²) in [6, 6.07) is 5.14. The maximum absolute atomic E-state index is 12.5. The lowest BCUT2D eigenvalue weighted by molar-refractivity contribution is 0.185. The molecule has 0 spiro atoms. The van der Waals surface area contributed by atoms with Gasteiger partial charge in [0.05, 0.1) is 13.7 Å². The van der Waals surface area contributed by atoms with Gasteiger partial charge in [-0.1, -0.05) is 6.07 Å². The van der Waals surface area contributed by atoms with Crippen molar-refractivity contribution in [1.29, 1.82) is 0 Å². The van der Waals surface area contributed by atoms with Crippen molar-refractivity contribution >= 4 is 10.0 Å². The highest BCUT2D eigenvalue weighted by Gasteiger charge is 2.24.